The third-order valence-electron chi connectivity index (χ3n) is 3.14. The molecular weight excluding hydrogens is 176 g/mol. The number of hydrogen-bond acceptors (Lipinski definition) is 2. The van der Waals surface area contributed by atoms with E-state index in [0.717, 1.165) is 32.5 Å². The fourth-order valence-corrected chi connectivity index (χ4v) is 2.47. The highest BCUT2D eigenvalue weighted by atomic mass is 16.2. The number of nitrogens with zero attached hydrogens (tertiary/aromatic N) is 1. The number of rotatable bonds is 0. The van der Waals surface area contributed by atoms with Gasteiger partial charge in [0.15, 0.2) is 0 Å². The first-order chi connectivity index (χ1) is 6.73. The molecule has 0 radical (unpaired) electrons. The lowest BCUT2D eigenvalue weighted by atomic mass is 9.79. The van der Waals surface area contributed by atoms with Gasteiger partial charge in [0, 0.05) is 13.1 Å². The molecule has 1 unspecified atom stereocenters. The van der Waals surface area contributed by atoms with Crippen LogP contribution in [0, 0.1) is 5.41 Å². The second-order valence-electron chi connectivity index (χ2n) is 4.13. The molecule has 82 valence electrons. The van der Waals surface area contributed by atoms with Gasteiger partial charge in [-0.05, 0) is 32.9 Å². The van der Waals surface area contributed by atoms with E-state index in [0.29, 0.717) is 0 Å². The van der Waals surface area contributed by atoms with E-state index in [1.54, 1.807) is 0 Å². The van der Waals surface area contributed by atoms with Crippen LogP contribution in [0.25, 0.3) is 0 Å². The number of hydrogen-bond donors (Lipinski definition) is 1. The van der Waals surface area contributed by atoms with Crippen LogP contribution in [0.5, 0.6) is 0 Å². The number of carbonyl (C=O) groups excluding carboxylic acids is 1. The van der Waals surface area contributed by atoms with Gasteiger partial charge in [0.25, 0.3) is 0 Å². The first-order valence-electron chi connectivity index (χ1n) is 5.70. The molecule has 3 heteroatoms. The van der Waals surface area contributed by atoms with E-state index in [2.05, 4.69) is 17.3 Å². The summed E-state index contributed by atoms with van der Waals surface area (Å²) in [6.07, 6.45) is 3.29. The average molecular weight is 198 g/mol. The minimum absolute atomic E-state index is 0.0208. The Morgan fingerprint density at radius 2 is 2.07 bits per heavy atom. The molecule has 3 nitrogen and oxygen atoms in total. The second kappa shape index (κ2) is 4.78. The van der Waals surface area contributed by atoms with Crippen LogP contribution in [-0.2, 0) is 4.79 Å². The highest BCUT2D eigenvalue weighted by molar-refractivity contribution is 5.85. The van der Waals surface area contributed by atoms with E-state index in [9.17, 15) is 4.79 Å². The summed E-state index contributed by atoms with van der Waals surface area (Å²) in [7, 11) is 2.10. The highest BCUT2D eigenvalue weighted by Crippen LogP contribution is 2.35. The molecule has 2 saturated heterocycles. The Labute approximate surface area is 86.9 Å². The van der Waals surface area contributed by atoms with Crippen molar-refractivity contribution in [2.24, 2.45) is 5.41 Å². The van der Waals surface area contributed by atoms with Gasteiger partial charge in [0.05, 0.1) is 5.41 Å². The monoisotopic (exact) mass is 198 g/mol. The molecule has 2 heterocycles. The van der Waals surface area contributed by atoms with Crippen LogP contribution in [0.3, 0.4) is 0 Å². The first kappa shape index (κ1) is 11.5. The minimum atomic E-state index is -0.0208. The van der Waals surface area contributed by atoms with Crippen LogP contribution in [0.4, 0.5) is 0 Å². The maximum Gasteiger partial charge on any atom is 0.227 e. The molecule has 2 fully saturated rings. The summed E-state index contributed by atoms with van der Waals surface area (Å²) >= 11 is 0. The van der Waals surface area contributed by atoms with E-state index < -0.39 is 0 Å². The van der Waals surface area contributed by atoms with Crippen molar-refractivity contribution in [1.82, 2.24) is 10.2 Å². The molecule has 2 aliphatic rings. The molecule has 1 N–H and O–H groups in total. The molecule has 0 bridgehead atoms. The second-order valence-corrected chi connectivity index (χ2v) is 4.13. The summed E-state index contributed by atoms with van der Waals surface area (Å²) in [6, 6.07) is 0. The SMILES string of the molecule is CC.CN1CCCC2(CCNC2=O)C1. The normalized spacial score (nSPS) is 32.4. The summed E-state index contributed by atoms with van der Waals surface area (Å²) in [5.74, 6) is 0.286. The van der Waals surface area contributed by atoms with Gasteiger partial charge in [-0.25, -0.2) is 0 Å². The van der Waals surface area contributed by atoms with Gasteiger partial charge >= 0.3 is 0 Å². The predicted molar refractivity (Wildman–Crippen MR) is 58.1 cm³/mol. The lowest BCUT2D eigenvalue weighted by Crippen LogP contribution is -2.45. The molecule has 0 aromatic rings. The molecule has 14 heavy (non-hydrogen) atoms. The van der Waals surface area contributed by atoms with Crippen molar-refractivity contribution in [1.29, 1.82) is 0 Å². The Kier molecular flexibility index (Phi) is 3.93. The van der Waals surface area contributed by atoms with Crippen molar-refractivity contribution in [2.75, 3.05) is 26.7 Å². The zero-order valence-electron chi connectivity index (χ0n) is 9.60. The Balaban J connectivity index is 0.000000461. The summed E-state index contributed by atoms with van der Waals surface area (Å²) < 4.78 is 0. The molecule has 1 spiro atoms. The molecule has 0 aliphatic carbocycles. The summed E-state index contributed by atoms with van der Waals surface area (Å²) in [6.45, 7) is 6.99. The molecule has 0 aromatic heterocycles. The zero-order valence-corrected chi connectivity index (χ0v) is 9.60. The van der Waals surface area contributed by atoms with Crippen molar-refractivity contribution >= 4 is 5.91 Å². The van der Waals surface area contributed by atoms with Crippen LogP contribution >= 0.6 is 0 Å². The van der Waals surface area contributed by atoms with Crippen LogP contribution in [0.1, 0.15) is 33.1 Å². The zero-order chi connectivity index (χ0) is 10.6. The van der Waals surface area contributed by atoms with Gasteiger partial charge in [0.2, 0.25) is 5.91 Å². The van der Waals surface area contributed by atoms with E-state index >= 15 is 0 Å². The maximum atomic E-state index is 11.6. The van der Waals surface area contributed by atoms with E-state index in [-0.39, 0.29) is 11.3 Å². The summed E-state index contributed by atoms with van der Waals surface area (Å²) in [5.41, 5.74) is -0.0208. The van der Waals surface area contributed by atoms with Crippen LogP contribution in [0.2, 0.25) is 0 Å². The molecule has 1 amide bonds. The molecule has 2 rings (SSSR count). The minimum Gasteiger partial charge on any atom is -0.356 e. The Morgan fingerprint density at radius 1 is 1.36 bits per heavy atom. The van der Waals surface area contributed by atoms with Crippen molar-refractivity contribution in [3.63, 3.8) is 0 Å². The number of likely N-dealkylation sites (tertiary alicyclic amines) is 1. The van der Waals surface area contributed by atoms with Gasteiger partial charge in [0.1, 0.15) is 0 Å². The first-order valence-corrected chi connectivity index (χ1v) is 5.70. The highest BCUT2D eigenvalue weighted by Gasteiger charge is 2.44. The summed E-state index contributed by atoms with van der Waals surface area (Å²) in [4.78, 5) is 13.8. The third-order valence-corrected chi connectivity index (χ3v) is 3.14. The van der Waals surface area contributed by atoms with Gasteiger partial charge in [-0.3, -0.25) is 4.79 Å². The Morgan fingerprint density at radius 3 is 2.57 bits per heavy atom. The quantitative estimate of drug-likeness (QED) is 0.635. The molecule has 2 aliphatic heterocycles. The number of carbonyl (C=O) groups is 1. The topological polar surface area (TPSA) is 32.3 Å². The number of piperidine rings is 1. The summed E-state index contributed by atoms with van der Waals surface area (Å²) in [5, 5.41) is 2.93. The molecule has 1 atom stereocenters. The van der Waals surface area contributed by atoms with E-state index in [1.165, 1.54) is 6.42 Å². The van der Waals surface area contributed by atoms with Gasteiger partial charge in [-0.15, -0.1) is 0 Å². The van der Waals surface area contributed by atoms with Crippen LogP contribution in [-0.4, -0.2) is 37.5 Å². The fourth-order valence-electron chi connectivity index (χ4n) is 2.47. The van der Waals surface area contributed by atoms with Crippen molar-refractivity contribution < 1.29 is 4.79 Å². The van der Waals surface area contributed by atoms with Crippen molar-refractivity contribution in [3.05, 3.63) is 0 Å². The number of nitrogens with one attached hydrogen (secondary N) is 1. The largest absolute Gasteiger partial charge is 0.356 e. The molecule has 0 saturated carbocycles. The average Bonchev–Trinajstić information content (AvgIpc) is 2.51. The number of amides is 1. The Hall–Kier alpha value is -0.570. The molecular formula is C11H22N2O. The standard InChI is InChI=1S/C9H16N2O.C2H6/c1-11-6-2-3-9(7-11)4-5-10-8(9)12;1-2/h2-7H2,1H3,(H,10,12);1-2H3. The van der Waals surface area contributed by atoms with E-state index in [4.69, 9.17) is 0 Å². The van der Waals surface area contributed by atoms with E-state index in [1.807, 2.05) is 13.8 Å². The predicted octanol–water partition coefficient (Wildman–Crippen LogP) is 1.24. The third kappa shape index (κ3) is 2.08. The van der Waals surface area contributed by atoms with Gasteiger partial charge in [-0.2, -0.15) is 0 Å². The lowest BCUT2D eigenvalue weighted by molar-refractivity contribution is -0.130. The van der Waals surface area contributed by atoms with Crippen LogP contribution < -0.4 is 5.32 Å². The maximum absolute atomic E-state index is 11.6. The lowest BCUT2D eigenvalue weighted by Gasteiger charge is -2.36. The molecule has 0 aromatic carbocycles. The van der Waals surface area contributed by atoms with Gasteiger partial charge < -0.3 is 10.2 Å². The van der Waals surface area contributed by atoms with Crippen LogP contribution in [0.15, 0.2) is 0 Å². The van der Waals surface area contributed by atoms with Crippen molar-refractivity contribution in [2.45, 2.75) is 33.1 Å². The smallest absolute Gasteiger partial charge is 0.227 e. The van der Waals surface area contributed by atoms with Gasteiger partial charge in [-0.1, -0.05) is 13.8 Å². The van der Waals surface area contributed by atoms with Crippen molar-refractivity contribution in [3.8, 4) is 0 Å². The fraction of sp³-hybridized carbons (Fsp3) is 0.909. The Bertz CT molecular complexity index is 205.